The smallest absolute Gasteiger partial charge is 0.266 e. The van der Waals surface area contributed by atoms with Gasteiger partial charge in [-0.3, -0.25) is 14.5 Å². The first-order valence-electron chi connectivity index (χ1n) is 7.63. The number of aryl methyl sites for hydroxylation is 2. The number of nitrogens with one attached hydrogen (secondary N) is 1. The Morgan fingerprint density at radius 2 is 2.13 bits per heavy atom. The maximum absolute atomic E-state index is 12.3. The van der Waals surface area contributed by atoms with Gasteiger partial charge in [-0.25, -0.2) is 0 Å². The van der Waals surface area contributed by atoms with Gasteiger partial charge in [0, 0.05) is 29.5 Å². The molecule has 0 unspecified atom stereocenters. The summed E-state index contributed by atoms with van der Waals surface area (Å²) in [4.78, 5) is 18.5. The Bertz CT molecular complexity index is 816. The Balaban J connectivity index is 1.43. The minimum atomic E-state index is -0.0708. The maximum Gasteiger partial charge on any atom is 0.266 e. The highest BCUT2D eigenvalue weighted by molar-refractivity contribution is 7.14. The molecule has 0 bridgehead atoms. The first kappa shape index (κ1) is 14.1. The summed E-state index contributed by atoms with van der Waals surface area (Å²) in [6, 6.07) is 7.75. The van der Waals surface area contributed by atoms with Crippen molar-refractivity contribution >= 4 is 23.1 Å². The Labute approximate surface area is 138 Å². The summed E-state index contributed by atoms with van der Waals surface area (Å²) in [5.41, 5.74) is 2.46. The van der Waals surface area contributed by atoms with E-state index in [0.29, 0.717) is 12.4 Å². The van der Waals surface area contributed by atoms with Crippen LogP contribution in [0.1, 0.15) is 32.1 Å². The third-order valence-electron chi connectivity index (χ3n) is 3.95. The van der Waals surface area contributed by atoms with Gasteiger partial charge in [-0.1, -0.05) is 0 Å². The lowest BCUT2D eigenvalue weighted by Crippen LogP contribution is -2.11. The highest BCUT2D eigenvalue weighted by Crippen LogP contribution is 2.30. The molecule has 3 aromatic heterocycles. The second kappa shape index (κ2) is 5.96. The van der Waals surface area contributed by atoms with Crippen molar-refractivity contribution in [2.24, 2.45) is 0 Å². The number of carbonyl (C=O) groups is 1. The number of nitrogens with zero attached hydrogens (tertiary/aromatic N) is 3. The van der Waals surface area contributed by atoms with E-state index in [1.807, 2.05) is 30.5 Å². The molecule has 0 fully saturated rings. The van der Waals surface area contributed by atoms with E-state index in [1.165, 1.54) is 16.9 Å². The van der Waals surface area contributed by atoms with Crippen LogP contribution in [0.5, 0.6) is 0 Å². The Kier molecular flexibility index (Phi) is 3.67. The lowest BCUT2D eigenvalue weighted by molar-refractivity contribution is 0.103. The summed E-state index contributed by atoms with van der Waals surface area (Å²) >= 11 is 1.61. The third kappa shape index (κ3) is 3.03. The molecule has 3 heterocycles. The fourth-order valence-electron chi connectivity index (χ4n) is 2.81. The number of hydrogen-bond acceptors (Lipinski definition) is 4. The molecule has 1 aliphatic carbocycles. The van der Waals surface area contributed by atoms with Gasteiger partial charge in [-0.15, -0.1) is 11.3 Å². The summed E-state index contributed by atoms with van der Waals surface area (Å²) < 4.78 is 1.80. The fourth-order valence-corrected chi connectivity index (χ4v) is 3.96. The number of rotatable bonds is 4. The van der Waals surface area contributed by atoms with Crippen LogP contribution < -0.4 is 5.32 Å². The van der Waals surface area contributed by atoms with Crippen LogP contribution in [0, 0.1) is 0 Å². The highest BCUT2D eigenvalue weighted by Gasteiger charge is 2.18. The summed E-state index contributed by atoms with van der Waals surface area (Å²) in [6.45, 7) is 0.658. The number of pyridine rings is 1. The SMILES string of the molecule is O=C(Nc1ccn(Cc2ccncc2)n1)c1cc2c(s1)CCC2. The summed E-state index contributed by atoms with van der Waals surface area (Å²) in [5, 5.41) is 7.28. The van der Waals surface area contributed by atoms with Crippen molar-refractivity contribution in [2.45, 2.75) is 25.8 Å². The molecule has 0 atom stereocenters. The van der Waals surface area contributed by atoms with E-state index in [-0.39, 0.29) is 5.91 Å². The van der Waals surface area contributed by atoms with Gasteiger partial charge >= 0.3 is 0 Å². The highest BCUT2D eigenvalue weighted by atomic mass is 32.1. The predicted molar refractivity (Wildman–Crippen MR) is 89.9 cm³/mol. The molecule has 0 spiro atoms. The summed E-state index contributed by atoms with van der Waals surface area (Å²) in [7, 11) is 0. The van der Waals surface area contributed by atoms with Gasteiger partial charge in [-0.2, -0.15) is 5.10 Å². The average Bonchev–Trinajstić information content (AvgIpc) is 3.24. The van der Waals surface area contributed by atoms with E-state index in [9.17, 15) is 4.79 Å². The van der Waals surface area contributed by atoms with Crippen LogP contribution in [0.3, 0.4) is 0 Å². The fraction of sp³-hybridized carbons (Fsp3) is 0.235. The van der Waals surface area contributed by atoms with Crippen LogP contribution >= 0.6 is 11.3 Å². The van der Waals surface area contributed by atoms with E-state index in [4.69, 9.17) is 0 Å². The lowest BCUT2D eigenvalue weighted by Gasteiger charge is -2.02. The number of aromatic nitrogens is 3. The number of hydrogen-bond donors (Lipinski definition) is 1. The first-order valence-corrected chi connectivity index (χ1v) is 8.45. The van der Waals surface area contributed by atoms with Crippen molar-refractivity contribution in [1.29, 1.82) is 0 Å². The normalized spacial score (nSPS) is 13.0. The quantitative estimate of drug-likeness (QED) is 0.802. The molecular weight excluding hydrogens is 308 g/mol. The van der Waals surface area contributed by atoms with E-state index in [1.54, 1.807) is 28.4 Å². The molecule has 0 aliphatic heterocycles. The molecule has 3 aromatic rings. The zero-order valence-electron chi connectivity index (χ0n) is 12.5. The van der Waals surface area contributed by atoms with Crippen molar-refractivity contribution < 1.29 is 4.79 Å². The summed E-state index contributed by atoms with van der Waals surface area (Å²) in [5.74, 6) is 0.510. The Morgan fingerprint density at radius 3 is 2.96 bits per heavy atom. The van der Waals surface area contributed by atoms with Crippen molar-refractivity contribution in [3.8, 4) is 0 Å². The van der Waals surface area contributed by atoms with Gasteiger partial charge in [0.2, 0.25) is 0 Å². The average molecular weight is 324 g/mol. The molecule has 116 valence electrons. The molecule has 1 aliphatic rings. The molecule has 1 N–H and O–H groups in total. The molecule has 0 aromatic carbocycles. The van der Waals surface area contributed by atoms with E-state index < -0.39 is 0 Å². The standard InChI is InChI=1S/C17H16N4OS/c22-17(15-10-13-2-1-3-14(13)23-15)19-16-6-9-21(20-16)11-12-4-7-18-8-5-12/h4-10H,1-3,11H2,(H,19,20,22). The predicted octanol–water partition coefficient (Wildman–Crippen LogP) is 3.13. The number of thiophene rings is 1. The zero-order chi connectivity index (χ0) is 15.6. The minimum Gasteiger partial charge on any atom is -0.304 e. The van der Waals surface area contributed by atoms with Gasteiger partial charge in [0.15, 0.2) is 5.82 Å². The van der Waals surface area contributed by atoms with Crippen LogP contribution in [0.25, 0.3) is 0 Å². The molecule has 4 rings (SSSR count). The maximum atomic E-state index is 12.3. The molecule has 5 nitrogen and oxygen atoms in total. The number of anilines is 1. The van der Waals surface area contributed by atoms with Crippen LogP contribution in [0.15, 0.2) is 42.9 Å². The van der Waals surface area contributed by atoms with E-state index >= 15 is 0 Å². The molecule has 23 heavy (non-hydrogen) atoms. The van der Waals surface area contributed by atoms with Gasteiger partial charge in [0.25, 0.3) is 5.91 Å². The van der Waals surface area contributed by atoms with Crippen LogP contribution in [0.2, 0.25) is 0 Å². The van der Waals surface area contributed by atoms with Gasteiger partial charge < -0.3 is 5.32 Å². The molecule has 0 saturated carbocycles. The molecule has 6 heteroatoms. The number of fused-ring (bicyclic) bond motifs is 1. The van der Waals surface area contributed by atoms with Crippen LogP contribution in [-0.4, -0.2) is 20.7 Å². The molecule has 0 radical (unpaired) electrons. The Hall–Kier alpha value is -2.47. The van der Waals surface area contributed by atoms with Crippen molar-refractivity contribution in [3.05, 3.63) is 63.7 Å². The second-order valence-electron chi connectivity index (χ2n) is 5.62. The minimum absolute atomic E-state index is 0.0708. The van der Waals surface area contributed by atoms with Crippen molar-refractivity contribution in [3.63, 3.8) is 0 Å². The van der Waals surface area contributed by atoms with E-state index in [2.05, 4.69) is 15.4 Å². The topological polar surface area (TPSA) is 59.8 Å². The second-order valence-corrected chi connectivity index (χ2v) is 6.76. The number of amides is 1. The lowest BCUT2D eigenvalue weighted by atomic mass is 10.2. The zero-order valence-corrected chi connectivity index (χ0v) is 13.3. The van der Waals surface area contributed by atoms with Crippen LogP contribution in [0.4, 0.5) is 5.82 Å². The third-order valence-corrected chi connectivity index (χ3v) is 5.18. The molecule has 0 saturated heterocycles. The van der Waals surface area contributed by atoms with Gasteiger partial charge in [0.05, 0.1) is 11.4 Å². The van der Waals surface area contributed by atoms with Crippen molar-refractivity contribution in [1.82, 2.24) is 14.8 Å². The van der Waals surface area contributed by atoms with E-state index in [0.717, 1.165) is 23.3 Å². The molecule has 1 amide bonds. The van der Waals surface area contributed by atoms with Gasteiger partial charge in [0.1, 0.15) is 0 Å². The molecular formula is C17H16N4OS. The largest absolute Gasteiger partial charge is 0.304 e. The van der Waals surface area contributed by atoms with Gasteiger partial charge in [-0.05, 0) is 48.6 Å². The monoisotopic (exact) mass is 324 g/mol. The summed E-state index contributed by atoms with van der Waals surface area (Å²) in [6.07, 6.45) is 8.80. The van der Waals surface area contributed by atoms with Crippen molar-refractivity contribution in [2.75, 3.05) is 5.32 Å². The Morgan fingerprint density at radius 1 is 1.26 bits per heavy atom. The first-order chi connectivity index (χ1) is 11.3. The van der Waals surface area contributed by atoms with Crippen LogP contribution in [-0.2, 0) is 19.4 Å². The number of carbonyl (C=O) groups excluding carboxylic acids is 1.